The van der Waals surface area contributed by atoms with Crippen molar-refractivity contribution < 1.29 is 24.2 Å². The molecule has 4 aliphatic carbocycles. The number of hydrogen-bond acceptors (Lipinski definition) is 5. The SMILES string of the molecule is CC[C@H]1[C@@H](O)[C@@H]2[C@H](CC[C@]3(C)[C@@H]([C@H](C)CCCC(C)C(=O)OC)CC[C@@H]23)[C@@]2(C)CC[C@@H](OC(C)=O)C[C@@H]12. The van der Waals surface area contributed by atoms with Crippen LogP contribution in [0.4, 0.5) is 0 Å². The highest BCUT2D eigenvalue weighted by Crippen LogP contribution is 2.69. The molecule has 0 aliphatic heterocycles. The van der Waals surface area contributed by atoms with Crippen molar-refractivity contribution >= 4 is 11.9 Å². The maximum absolute atomic E-state index is 12.0. The van der Waals surface area contributed by atoms with E-state index in [-0.39, 0.29) is 35.5 Å². The van der Waals surface area contributed by atoms with Crippen molar-refractivity contribution in [2.75, 3.05) is 7.11 Å². The fraction of sp³-hybridized carbons (Fsp3) is 0.938. The third-order valence-corrected chi connectivity index (χ3v) is 12.4. The summed E-state index contributed by atoms with van der Waals surface area (Å²) in [5, 5.41) is 12.0. The van der Waals surface area contributed by atoms with E-state index in [0.717, 1.165) is 38.5 Å². The molecular formula is C32H54O5. The Balaban J connectivity index is 1.49. The van der Waals surface area contributed by atoms with Crippen LogP contribution >= 0.6 is 0 Å². The van der Waals surface area contributed by atoms with Gasteiger partial charge in [0.1, 0.15) is 6.10 Å². The van der Waals surface area contributed by atoms with E-state index in [9.17, 15) is 14.7 Å². The second-order valence-corrected chi connectivity index (χ2v) is 14.0. The molecule has 5 nitrogen and oxygen atoms in total. The Bertz CT molecular complexity index is 826. The Morgan fingerprint density at radius 1 is 0.973 bits per heavy atom. The minimum absolute atomic E-state index is 0.0147. The van der Waals surface area contributed by atoms with Gasteiger partial charge in [-0.2, -0.15) is 0 Å². The molecule has 0 heterocycles. The van der Waals surface area contributed by atoms with Crippen LogP contribution in [0, 0.1) is 58.2 Å². The summed E-state index contributed by atoms with van der Waals surface area (Å²) in [6.07, 6.45) is 11.9. The summed E-state index contributed by atoms with van der Waals surface area (Å²) in [4.78, 5) is 23.5. The number of carbonyl (C=O) groups excluding carboxylic acids is 2. The Hall–Kier alpha value is -1.10. The fourth-order valence-corrected chi connectivity index (χ4v) is 10.5. The summed E-state index contributed by atoms with van der Waals surface area (Å²) >= 11 is 0. The van der Waals surface area contributed by atoms with Crippen molar-refractivity contribution in [3.63, 3.8) is 0 Å². The molecule has 0 aromatic heterocycles. The molecule has 0 spiro atoms. The molecular weight excluding hydrogens is 464 g/mol. The smallest absolute Gasteiger partial charge is 0.308 e. The Morgan fingerprint density at radius 3 is 2.30 bits per heavy atom. The number of ether oxygens (including phenoxy) is 2. The first-order valence-electron chi connectivity index (χ1n) is 15.4. The molecule has 5 heteroatoms. The van der Waals surface area contributed by atoms with E-state index in [1.807, 2.05) is 6.92 Å². The first-order valence-corrected chi connectivity index (χ1v) is 15.4. The van der Waals surface area contributed by atoms with Crippen LogP contribution in [0.25, 0.3) is 0 Å². The summed E-state index contributed by atoms with van der Waals surface area (Å²) in [7, 11) is 1.48. The van der Waals surface area contributed by atoms with Gasteiger partial charge in [-0.15, -0.1) is 0 Å². The number of aliphatic hydroxyl groups excluding tert-OH is 1. The molecule has 1 unspecified atom stereocenters. The van der Waals surface area contributed by atoms with Gasteiger partial charge in [0, 0.05) is 6.92 Å². The number of fused-ring (bicyclic) bond motifs is 5. The van der Waals surface area contributed by atoms with Gasteiger partial charge in [-0.1, -0.05) is 53.9 Å². The highest BCUT2D eigenvalue weighted by molar-refractivity contribution is 5.71. The van der Waals surface area contributed by atoms with Gasteiger partial charge in [0.05, 0.1) is 19.1 Å². The largest absolute Gasteiger partial charge is 0.469 e. The molecule has 4 aliphatic rings. The third-order valence-electron chi connectivity index (χ3n) is 12.4. The standard InChI is InChI=1S/C32H54O5/c1-8-23-27-18-22(37-21(4)33)14-16-32(27,6)26-15-17-31(5)24(12-13-25(31)28(26)29(23)34)19(2)10-9-11-20(3)30(35)36-7/h19-20,22-29,34H,8-18H2,1-7H3/t19-,20?,22-,23-,24-,25+,26+,27+,28+,29-,31-,32-/m1/s1. The van der Waals surface area contributed by atoms with Gasteiger partial charge in [-0.3, -0.25) is 9.59 Å². The quantitative estimate of drug-likeness (QED) is 0.358. The van der Waals surface area contributed by atoms with Gasteiger partial charge in [0.15, 0.2) is 0 Å². The van der Waals surface area contributed by atoms with E-state index in [1.54, 1.807) is 0 Å². The van der Waals surface area contributed by atoms with E-state index in [2.05, 4.69) is 27.7 Å². The van der Waals surface area contributed by atoms with E-state index in [4.69, 9.17) is 9.47 Å². The Morgan fingerprint density at radius 2 is 1.65 bits per heavy atom. The monoisotopic (exact) mass is 518 g/mol. The molecule has 0 amide bonds. The van der Waals surface area contributed by atoms with Crippen molar-refractivity contribution in [2.24, 2.45) is 58.2 Å². The summed E-state index contributed by atoms with van der Waals surface area (Å²) in [6, 6.07) is 0. The van der Waals surface area contributed by atoms with Crippen LogP contribution in [0.5, 0.6) is 0 Å². The predicted molar refractivity (Wildman–Crippen MR) is 146 cm³/mol. The fourth-order valence-electron chi connectivity index (χ4n) is 10.5. The lowest BCUT2D eigenvalue weighted by molar-refractivity contribution is -0.207. The average Bonchev–Trinajstić information content (AvgIpc) is 3.21. The summed E-state index contributed by atoms with van der Waals surface area (Å²) < 4.78 is 10.6. The van der Waals surface area contributed by atoms with E-state index >= 15 is 0 Å². The summed E-state index contributed by atoms with van der Waals surface area (Å²) in [5.74, 6) is 3.35. The number of aliphatic hydroxyl groups is 1. The first kappa shape index (κ1) is 28.9. The molecule has 37 heavy (non-hydrogen) atoms. The van der Waals surface area contributed by atoms with Gasteiger partial charge in [0.25, 0.3) is 0 Å². The van der Waals surface area contributed by atoms with Crippen LogP contribution in [-0.2, 0) is 19.1 Å². The van der Waals surface area contributed by atoms with Gasteiger partial charge in [-0.05, 0) is 104 Å². The van der Waals surface area contributed by atoms with Crippen molar-refractivity contribution in [3.8, 4) is 0 Å². The molecule has 0 saturated heterocycles. The molecule has 12 atom stereocenters. The van der Waals surface area contributed by atoms with Crippen LogP contribution in [0.15, 0.2) is 0 Å². The van der Waals surface area contributed by atoms with Crippen molar-refractivity contribution in [3.05, 3.63) is 0 Å². The van der Waals surface area contributed by atoms with Gasteiger partial charge >= 0.3 is 11.9 Å². The lowest BCUT2D eigenvalue weighted by Crippen LogP contribution is -2.62. The molecule has 0 radical (unpaired) electrons. The zero-order valence-electron chi connectivity index (χ0n) is 24.6. The maximum atomic E-state index is 12.0. The van der Waals surface area contributed by atoms with Crippen LogP contribution in [0.1, 0.15) is 112 Å². The molecule has 0 aromatic rings. The first-order chi connectivity index (χ1) is 17.5. The molecule has 212 valence electrons. The van der Waals surface area contributed by atoms with Crippen molar-refractivity contribution in [1.82, 2.24) is 0 Å². The third kappa shape index (κ3) is 5.12. The van der Waals surface area contributed by atoms with Gasteiger partial charge in [-0.25, -0.2) is 0 Å². The predicted octanol–water partition coefficient (Wildman–Crippen LogP) is 6.80. The Kier molecular flexibility index (Phi) is 8.73. The van der Waals surface area contributed by atoms with E-state index < -0.39 is 0 Å². The number of rotatable bonds is 8. The molecule has 4 fully saturated rings. The molecule has 0 bridgehead atoms. The minimum Gasteiger partial charge on any atom is -0.469 e. The summed E-state index contributed by atoms with van der Waals surface area (Å²) in [6.45, 7) is 13.3. The van der Waals surface area contributed by atoms with Crippen molar-refractivity contribution in [1.29, 1.82) is 0 Å². The highest BCUT2D eigenvalue weighted by Gasteiger charge is 2.65. The normalized spacial score (nSPS) is 44.6. The highest BCUT2D eigenvalue weighted by atomic mass is 16.5. The van der Waals surface area contributed by atoms with Gasteiger partial charge < -0.3 is 14.6 Å². The Labute approximate surface area is 225 Å². The molecule has 1 N–H and O–H groups in total. The second-order valence-electron chi connectivity index (χ2n) is 14.0. The van der Waals surface area contributed by atoms with Gasteiger partial charge in [0.2, 0.25) is 0 Å². The zero-order chi connectivity index (χ0) is 27.1. The minimum atomic E-state index is -0.247. The number of methoxy groups -OCH3 is 1. The molecule has 0 aromatic carbocycles. The van der Waals surface area contributed by atoms with Crippen molar-refractivity contribution in [2.45, 2.75) is 124 Å². The van der Waals surface area contributed by atoms with Crippen LogP contribution < -0.4 is 0 Å². The topological polar surface area (TPSA) is 72.8 Å². The van der Waals surface area contributed by atoms with E-state index in [1.165, 1.54) is 46.1 Å². The lowest BCUT2D eigenvalue weighted by Gasteiger charge is -2.64. The molecule has 4 rings (SSSR count). The zero-order valence-corrected chi connectivity index (χ0v) is 24.6. The summed E-state index contributed by atoms with van der Waals surface area (Å²) in [5.41, 5.74) is 0.530. The second kappa shape index (κ2) is 11.2. The number of carbonyl (C=O) groups is 2. The van der Waals surface area contributed by atoms with Crippen LogP contribution in [-0.4, -0.2) is 36.4 Å². The van der Waals surface area contributed by atoms with Crippen LogP contribution in [0.2, 0.25) is 0 Å². The average molecular weight is 519 g/mol. The number of hydrogen-bond donors (Lipinski definition) is 1. The molecule has 4 saturated carbocycles. The van der Waals surface area contributed by atoms with E-state index in [0.29, 0.717) is 46.8 Å². The van der Waals surface area contributed by atoms with Crippen LogP contribution in [0.3, 0.4) is 0 Å². The maximum Gasteiger partial charge on any atom is 0.308 e. The lowest BCUT2D eigenvalue weighted by atomic mass is 9.41. The number of esters is 2.